The normalized spacial score (nSPS) is 26.3. The first-order valence-electron chi connectivity index (χ1n) is 6.11. The van der Waals surface area contributed by atoms with Crippen LogP contribution in [-0.2, 0) is 20.7 Å². The summed E-state index contributed by atoms with van der Waals surface area (Å²) < 4.78 is 5.26. The number of nitrogens with one attached hydrogen (secondary N) is 1. The van der Waals surface area contributed by atoms with Crippen LogP contribution < -0.4 is 5.32 Å². The average molecular weight is 284 g/mol. The number of carbonyl (C=O) groups is 2. The van der Waals surface area contributed by atoms with Crippen LogP contribution in [0.25, 0.3) is 0 Å². The molecule has 1 fully saturated rings. The maximum Gasteiger partial charge on any atom is 0.333 e. The zero-order chi connectivity index (χ0) is 13.8. The summed E-state index contributed by atoms with van der Waals surface area (Å²) in [5, 5.41) is 11.7. The van der Waals surface area contributed by atoms with Crippen molar-refractivity contribution < 1.29 is 19.4 Å². The lowest BCUT2D eigenvalue weighted by molar-refractivity contribution is -0.153. The molecular weight excluding hydrogens is 268 g/mol. The lowest BCUT2D eigenvalue weighted by Gasteiger charge is -2.11. The van der Waals surface area contributed by atoms with Crippen LogP contribution in [0.1, 0.15) is 18.2 Å². The molecule has 1 aliphatic rings. The molecule has 0 spiro atoms. The molecule has 3 atom stereocenters. The van der Waals surface area contributed by atoms with Crippen LogP contribution in [0.5, 0.6) is 0 Å². The number of carbonyl (C=O) groups excluding carboxylic acids is 1. The third kappa shape index (κ3) is 3.51. The highest BCUT2D eigenvalue weighted by atomic mass is 32.1. The van der Waals surface area contributed by atoms with Crippen LogP contribution in [0.3, 0.4) is 0 Å². The zero-order valence-corrected chi connectivity index (χ0v) is 11.4. The summed E-state index contributed by atoms with van der Waals surface area (Å²) in [7, 11) is 0. The highest BCUT2D eigenvalue weighted by Gasteiger charge is 2.40. The second-order valence-electron chi connectivity index (χ2n) is 4.61. The van der Waals surface area contributed by atoms with E-state index in [4.69, 9.17) is 9.84 Å². The second kappa shape index (κ2) is 6.12. The van der Waals surface area contributed by atoms with Crippen molar-refractivity contribution >= 4 is 23.2 Å². The first-order valence-corrected chi connectivity index (χ1v) is 6.99. The van der Waals surface area contributed by atoms with Gasteiger partial charge in [0.05, 0.1) is 5.51 Å². The van der Waals surface area contributed by atoms with Gasteiger partial charge in [-0.25, -0.2) is 4.79 Å². The Morgan fingerprint density at radius 2 is 2.42 bits per heavy atom. The number of rotatable bonds is 5. The quantitative estimate of drug-likeness (QED) is 0.830. The fraction of sp³-hybridized carbons (Fsp3) is 0.583. The third-order valence-electron chi connectivity index (χ3n) is 3.10. The molecule has 0 unspecified atom stereocenters. The lowest BCUT2D eigenvalue weighted by Crippen LogP contribution is -2.36. The molecule has 0 saturated carbocycles. The number of hydrogen-bond donors (Lipinski definition) is 2. The predicted molar refractivity (Wildman–Crippen MR) is 68.9 cm³/mol. The highest BCUT2D eigenvalue weighted by molar-refractivity contribution is 7.09. The van der Waals surface area contributed by atoms with E-state index in [1.807, 2.05) is 0 Å². The van der Waals surface area contributed by atoms with Gasteiger partial charge in [-0.2, -0.15) is 0 Å². The topological polar surface area (TPSA) is 88.5 Å². The minimum Gasteiger partial charge on any atom is -0.479 e. The number of carboxylic acids is 1. The Morgan fingerprint density at radius 3 is 3.00 bits per heavy atom. The Morgan fingerprint density at radius 1 is 1.63 bits per heavy atom. The Hall–Kier alpha value is -1.47. The van der Waals surface area contributed by atoms with E-state index in [0.717, 1.165) is 11.3 Å². The van der Waals surface area contributed by atoms with Crippen molar-refractivity contribution in [2.75, 3.05) is 6.54 Å². The van der Waals surface area contributed by atoms with Gasteiger partial charge in [-0.05, 0) is 12.3 Å². The molecule has 19 heavy (non-hydrogen) atoms. The largest absolute Gasteiger partial charge is 0.479 e. The molecule has 2 N–H and O–H groups in total. The van der Waals surface area contributed by atoms with Crippen molar-refractivity contribution in [1.82, 2.24) is 10.3 Å². The molecule has 0 bridgehead atoms. The van der Waals surface area contributed by atoms with Gasteiger partial charge in [0.15, 0.2) is 6.10 Å². The summed E-state index contributed by atoms with van der Waals surface area (Å²) >= 11 is 1.54. The second-order valence-corrected chi connectivity index (χ2v) is 5.58. The number of hydrogen-bond acceptors (Lipinski definition) is 5. The van der Waals surface area contributed by atoms with Gasteiger partial charge in [0.1, 0.15) is 6.10 Å². The zero-order valence-electron chi connectivity index (χ0n) is 10.5. The molecule has 1 saturated heterocycles. The van der Waals surface area contributed by atoms with Crippen LogP contribution in [-0.4, -0.2) is 40.7 Å². The third-order valence-corrected chi connectivity index (χ3v) is 3.94. The van der Waals surface area contributed by atoms with Crippen LogP contribution in [0, 0.1) is 5.92 Å². The van der Waals surface area contributed by atoms with Crippen LogP contribution in [0.15, 0.2) is 11.7 Å². The number of amides is 1. The Balaban J connectivity index is 1.76. The van der Waals surface area contributed by atoms with E-state index in [0.29, 0.717) is 13.0 Å². The molecule has 0 aromatic carbocycles. The summed E-state index contributed by atoms with van der Waals surface area (Å²) in [5.74, 6) is -1.39. The summed E-state index contributed by atoms with van der Waals surface area (Å²) in [5.41, 5.74) is 1.75. The van der Waals surface area contributed by atoms with Crippen molar-refractivity contribution in [2.24, 2.45) is 5.92 Å². The molecule has 0 aliphatic carbocycles. The summed E-state index contributed by atoms with van der Waals surface area (Å²) in [4.78, 5) is 27.8. The van der Waals surface area contributed by atoms with E-state index in [1.165, 1.54) is 0 Å². The van der Waals surface area contributed by atoms with Crippen molar-refractivity contribution in [3.8, 4) is 0 Å². The Bertz CT molecular complexity index is 449. The van der Waals surface area contributed by atoms with Crippen molar-refractivity contribution in [1.29, 1.82) is 0 Å². The standard InChI is InChI=1S/C12H16N2O4S/c1-7-4-9(18-10(7)12(16)17)11(15)14-3-2-8-5-13-6-19-8/h5-7,9-10H,2-4H2,1H3,(H,14,15)(H,16,17)/t7-,9-,10-/m1/s1. The van der Waals surface area contributed by atoms with E-state index in [9.17, 15) is 9.59 Å². The lowest BCUT2D eigenvalue weighted by atomic mass is 10.0. The van der Waals surface area contributed by atoms with Gasteiger partial charge >= 0.3 is 5.97 Å². The van der Waals surface area contributed by atoms with E-state index in [1.54, 1.807) is 30.0 Å². The monoisotopic (exact) mass is 284 g/mol. The van der Waals surface area contributed by atoms with E-state index < -0.39 is 18.2 Å². The van der Waals surface area contributed by atoms with E-state index in [2.05, 4.69) is 10.3 Å². The molecule has 2 heterocycles. The average Bonchev–Trinajstić information content (AvgIpc) is 2.98. The Kier molecular flexibility index (Phi) is 4.49. The minimum absolute atomic E-state index is 0.144. The minimum atomic E-state index is -1.01. The molecule has 1 amide bonds. The number of aliphatic carboxylic acids is 1. The number of aromatic nitrogens is 1. The van der Waals surface area contributed by atoms with Crippen molar-refractivity contribution in [3.63, 3.8) is 0 Å². The Labute approximate surface area is 114 Å². The fourth-order valence-corrected chi connectivity index (χ4v) is 2.69. The SMILES string of the molecule is C[C@@H]1C[C@H](C(=O)NCCc2cncs2)O[C@H]1C(=O)O. The molecule has 1 aromatic rings. The van der Waals surface area contributed by atoms with E-state index in [-0.39, 0.29) is 11.8 Å². The van der Waals surface area contributed by atoms with Gasteiger partial charge in [-0.1, -0.05) is 6.92 Å². The van der Waals surface area contributed by atoms with Crippen molar-refractivity contribution in [2.45, 2.75) is 32.0 Å². The van der Waals surface area contributed by atoms with Gasteiger partial charge in [0.25, 0.3) is 0 Å². The smallest absolute Gasteiger partial charge is 0.333 e. The molecular formula is C12H16N2O4S. The van der Waals surface area contributed by atoms with Crippen LogP contribution in [0.4, 0.5) is 0 Å². The van der Waals surface area contributed by atoms with Gasteiger partial charge in [-0.3, -0.25) is 9.78 Å². The van der Waals surface area contributed by atoms with Gasteiger partial charge in [0.2, 0.25) is 5.91 Å². The van der Waals surface area contributed by atoms with Crippen molar-refractivity contribution in [3.05, 3.63) is 16.6 Å². The molecule has 0 radical (unpaired) electrons. The number of nitrogens with zero attached hydrogens (tertiary/aromatic N) is 1. The number of thiazole rings is 1. The predicted octanol–water partition coefficient (Wildman–Crippen LogP) is 0.680. The molecule has 2 rings (SSSR count). The summed E-state index contributed by atoms with van der Waals surface area (Å²) in [6, 6.07) is 0. The molecule has 1 aliphatic heterocycles. The van der Waals surface area contributed by atoms with E-state index >= 15 is 0 Å². The van der Waals surface area contributed by atoms with Crippen LogP contribution in [0.2, 0.25) is 0 Å². The maximum absolute atomic E-state index is 11.8. The molecule has 7 heteroatoms. The first-order chi connectivity index (χ1) is 9.08. The number of carboxylic acid groups (broad SMARTS) is 1. The molecule has 1 aromatic heterocycles. The fourth-order valence-electron chi connectivity index (χ4n) is 2.09. The van der Waals surface area contributed by atoms with Gasteiger partial charge < -0.3 is 15.2 Å². The number of ether oxygens (including phenoxy) is 1. The highest BCUT2D eigenvalue weighted by Crippen LogP contribution is 2.26. The molecule has 6 nitrogen and oxygen atoms in total. The summed E-state index contributed by atoms with van der Waals surface area (Å²) in [6.07, 6.45) is 1.41. The van der Waals surface area contributed by atoms with Gasteiger partial charge in [0, 0.05) is 24.0 Å². The first kappa shape index (κ1) is 14.0. The van der Waals surface area contributed by atoms with Crippen LogP contribution >= 0.6 is 11.3 Å². The maximum atomic E-state index is 11.8. The molecule has 104 valence electrons. The van der Waals surface area contributed by atoms with Gasteiger partial charge in [-0.15, -0.1) is 11.3 Å². The summed E-state index contributed by atoms with van der Waals surface area (Å²) in [6.45, 7) is 2.29.